The molecule has 4 aromatic rings. The van der Waals surface area contributed by atoms with Crippen LogP contribution in [0, 0.1) is 5.92 Å². The molecule has 0 spiro atoms. The number of benzene rings is 2. The summed E-state index contributed by atoms with van der Waals surface area (Å²) in [5, 5.41) is 6.42. The van der Waals surface area contributed by atoms with Gasteiger partial charge >= 0.3 is 0 Å². The van der Waals surface area contributed by atoms with Crippen LogP contribution in [0.25, 0.3) is 22.4 Å². The second-order valence-electron chi connectivity index (χ2n) is 7.57. The number of anilines is 3. The molecule has 0 saturated heterocycles. The third kappa shape index (κ3) is 5.10. The molecule has 0 aliphatic carbocycles. The second-order valence-corrected chi connectivity index (χ2v) is 7.98. The third-order valence-electron chi connectivity index (χ3n) is 4.77. The zero-order valence-electron chi connectivity index (χ0n) is 17.7. The largest absolute Gasteiger partial charge is 0.324 e. The van der Waals surface area contributed by atoms with Crippen LogP contribution in [0.4, 0.5) is 17.3 Å². The van der Waals surface area contributed by atoms with Crippen LogP contribution in [0.15, 0.2) is 79.3 Å². The van der Waals surface area contributed by atoms with Gasteiger partial charge in [0, 0.05) is 11.5 Å². The number of hydrogen-bond donors (Lipinski definition) is 2. The van der Waals surface area contributed by atoms with Crippen molar-refractivity contribution in [2.24, 2.45) is 5.92 Å². The summed E-state index contributed by atoms with van der Waals surface area (Å²) in [6, 6.07) is 20.0. The number of nitrogens with one attached hydrogen (secondary N) is 2. The first-order valence-electron chi connectivity index (χ1n) is 10.2. The maximum Gasteiger partial charge on any atom is 0.227 e. The van der Waals surface area contributed by atoms with E-state index in [9.17, 15) is 4.79 Å². The van der Waals surface area contributed by atoms with Gasteiger partial charge in [-0.2, -0.15) is 0 Å². The van der Waals surface area contributed by atoms with Crippen LogP contribution in [-0.4, -0.2) is 20.9 Å². The molecule has 160 valence electrons. The van der Waals surface area contributed by atoms with Crippen LogP contribution in [0.2, 0.25) is 5.02 Å². The Bertz CT molecular complexity index is 1240. The highest BCUT2D eigenvalue weighted by molar-refractivity contribution is 6.32. The quantitative estimate of drug-likeness (QED) is 0.371. The molecule has 0 aliphatic heterocycles. The van der Waals surface area contributed by atoms with Gasteiger partial charge in [0.1, 0.15) is 0 Å². The van der Waals surface area contributed by atoms with Crippen LogP contribution in [0.3, 0.4) is 0 Å². The van der Waals surface area contributed by atoms with Crippen molar-refractivity contribution in [2.45, 2.75) is 13.8 Å². The van der Waals surface area contributed by atoms with Crippen LogP contribution >= 0.6 is 11.6 Å². The number of rotatable bonds is 6. The van der Waals surface area contributed by atoms with Crippen molar-refractivity contribution < 1.29 is 4.79 Å². The van der Waals surface area contributed by atoms with E-state index in [1.165, 1.54) is 0 Å². The molecule has 0 unspecified atom stereocenters. The van der Waals surface area contributed by atoms with E-state index in [-0.39, 0.29) is 11.8 Å². The van der Waals surface area contributed by atoms with Gasteiger partial charge < -0.3 is 10.6 Å². The molecule has 0 atom stereocenters. The molecule has 2 aromatic heterocycles. The Labute approximate surface area is 191 Å². The van der Waals surface area contributed by atoms with Crippen LogP contribution < -0.4 is 10.6 Å². The van der Waals surface area contributed by atoms with E-state index >= 15 is 0 Å². The number of nitrogens with zero attached hydrogens (tertiary/aromatic N) is 3. The summed E-state index contributed by atoms with van der Waals surface area (Å²) in [5.74, 6) is 0.177. The molecule has 2 aromatic carbocycles. The van der Waals surface area contributed by atoms with Gasteiger partial charge in [-0.3, -0.25) is 9.78 Å². The van der Waals surface area contributed by atoms with E-state index < -0.39 is 0 Å². The van der Waals surface area contributed by atoms with Crippen LogP contribution in [-0.2, 0) is 4.79 Å². The molecule has 0 radical (unpaired) electrons. The first kappa shape index (κ1) is 21.5. The molecule has 0 bridgehead atoms. The molecule has 2 heterocycles. The Morgan fingerprint density at radius 2 is 1.59 bits per heavy atom. The zero-order chi connectivity index (χ0) is 22.5. The van der Waals surface area contributed by atoms with Gasteiger partial charge in [0.15, 0.2) is 0 Å². The predicted molar refractivity (Wildman–Crippen MR) is 129 cm³/mol. The highest BCUT2D eigenvalue weighted by Gasteiger charge is 2.11. The van der Waals surface area contributed by atoms with Gasteiger partial charge in [0.05, 0.1) is 40.7 Å². The summed E-state index contributed by atoms with van der Waals surface area (Å²) >= 11 is 6.43. The van der Waals surface area contributed by atoms with Gasteiger partial charge in [-0.1, -0.05) is 74.0 Å². The Morgan fingerprint density at radius 1 is 0.875 bits per heavy atom. The van der Waals surface area contributed by atoms with Gasteiger partial charge in [-0.05, 0) is 23.3 Å². The minimum Gasteiger partial charge on any atom is -0.324 e. The molecule has 32 heavy (non-hydrogen) atoms. The second kappa shape index (κ2) is 9.58. The van der Waals surface area contributed by atoms with Gasteiger partial charge in [-0.15, -0.1) is 0 Å². The van der Waals surface area contributed by atoms with E-state index in [1.54, 1.807) is 24.7 Å². The Hall–Kier alpha value is -3.77. The number of aromatic nitrogens is 3. The van der Waals surface area contributed by atoms with Gasteiger partial charge in [-0.25, -0.2) is 9.97 Å². The smallest absolute Gasteiger partial charge is 0.227 e. The number of hydrogen-bond acceptors (Lipinski definition) is 5. The van der Waals surface area contributed by atoms with E-state index in [0.717, 1.165) is 16.7 Å². The number of carbonyl (C=O) groups is 1. The minimum atomic E-state index is -0.125. The highest BCUT2D eigenvalue weighted by atomic mass is 35.5. The summed E-state index contributed by atoms with van der Waals surface area (Å²) in [4.78, 5) is 25.0. The lowest BCUT2D eigenvalue weighted by Gasteiger charge is -2.11. The average Bonchev–Trinajstić information content (AvgIpc) is 2.81. The standard InChI is InChI=1S/C25H22ClN5O/c1-16(2)24(32)29-20-12-21(14-27-13-20)30-25-28-15-22(26)23(31-25)19-10-6-9-18(11-19)17-7-4-3-5-8-17/h3-16H,1-2H3,(H,29,32)(H,28,30,31). The monoisotopic (exact) mass is 443 g/mol. The van der Waals surface area contributed by atoms with E-state index in [0.29, 0.717) is 28.0 Å². The maximum absolute atomic E-state index is 12.0. The summed E-state index contributed by atoms with van der Waals surface area (Å²) in [7, 11) is 0. The van der Waals surface area contributed by atoms with E-state index in [2.05, 4.69) is 49.9 Å². The topological polar surface area (TPSA) is 79.8 Å². The van der Waals surface area contributed by atoms with Crippen LogP contribution in [0.5, 0.6) is 0 Å². The summed E-state index contributed by atoms with van der Waals surface area (Å²) in [6.07, 6.45) is 4.80. The normalized spacial score (nSPS) is 10.8. The van der Waals surface area contributed by atoms with Gasteiger partial charge in [0.2, 0.25) is 11.9 Å². The number of carbonyl (C=O) groups excluding carboxylic acids is 1. The van der Waals surface area contributed by atoms with E-state index in [4.69, 9.17) is 11.6 Å². The lowest BCUT2D eigenvalue weighted by molar-refractivity contribution is -0.118. The molecule has 0 fully saturated rings. The summed E-state index contributed by atoms with van der Waals surface area (Å²) < 4.78 is 0. The SMILES string of the molecule is CC(C)C(=O)Nc1cncc(Nc2ncc(Cl)c(-c3cccc(-c4ccccc4)c3)n2)c1. The van der Waals surface area contributed by atoms with E-state index in [1.807, 2.05) is 44.2 Å². The Balaban J connectivity index is 1.60. The number of pyridine rings is 1. The summed E-state index contributed by atoms with van der Waals surface area (Å²) in [5.41, 5.74) is 4.95. The molecule has 0 aliphatic rings. The minimum absolute atomic E-state index is 0.0766. The van der Waals surface area contributed by atoms with Crippen LogP contribution in [0.1, 0.15) is 13.8 Å². The molecule has 2 N–H and O–H groups in total. The first-order valence-corrected chi connectivity index (χ1v) is 10.6. The fourth-order valence-electron chi connectivity index (χ4n) is 3.10. The number of amides is 1. The van der Waals surface area contributed by atoms with Gasteiger partial charge in [0.25, 0.3) is 0 Å². The lowest BCUT2D eigenvalue weighted by atomic mass is 10.0. The fraction of sp³-hybridized carbons (Fsp3) is 0.120. The van der Waals surface area contributed by atoms with Crippen molar-refractivity contribution in [2.75, 3.05) is 10.6 Å². The molecular formula is C25H22ClN5O. The molecule has 0 saturated carbocycles. The molecule has 1 amide bonds. The lowest BCUT2D eigenvalue weighted by Crippen LogP contribution is -2.17. The third-order valence-corrected chi connectivity index (χ3v) is 5.05. The molecule has 4 rings (SSSR count). The molecular weight excluding hydrogens is 422 g/mol. The Kier molecular flexibility index (Phi) is 6.42. The average molecular weight is 444 g/mol. The summed E-state index contributed by atoms with van der Waals surface area (Å²) in [6.45, 7) is 3.67. The Morgan fingerprint density at radius 3 is 2.38 bits per heavy atom. The predicted octanol–water partition coefficient (Wildman–Crippen LogP) is 6.20. The fourth-order valence-corrected chi connectivity index (χ4v) is 3.30. The molecule has 6 nitrogen and oxygen atoms in total. The van der Waals surface area contributed by atoms with Crippen molar-refractivity contribution >= 4 is 34.8 Å². The first-order chi connectivity index (χ1) is 15.5. The van der Waals surface area contributed by atoms with Crippen molar-refractivity contribution in [3.8, 4) is 22.4 Å². The zero-order valence-corrected chi connectivity index (χ0v) is 18.5. The number of halogens is 1. The maximum atomic E-state index is 12.0. The van der Waals surface area contributed by atoms with Crippen molar-refractivity contribution in [3.63, 3.8) is 0 Å². The van der Waals surface area contributed by atoms with Crippen molar-refractivity contribution in [1.29, 1.82) is 0 Å². The van der Waals surface area contributed by atoms with Crippen molar-refractivity contribution in [3.05, 3.63) is 84.3 Å². The highest BCUT2D eigenvalue weighted by Crippen LogP contribution is 2.30. The molecule has 7 heteroatoms. The van der Waals surface area contributed by atoms with Crippen molar-refractivity contribution in [1.82, 2.24) is 15.0 Å².